The van der Waals surface area contributed by atoms with Crippen LogP contribution >= 0.6 is 0 Å². The third-order valence-corrected chi connectivity index (χ3v) is 4.66. The molecule has 0 atom stereocenters. The summed E-state index contributed by atoms with van der Waals surface area (Å²) in [5, 5.41) is 0. The van der Waals surface area contributed by atoms with Gasteiger partial charge >= 0.3 is 0 Å². The number of nitrogens with zero attached hydrogens (tertiary/aromatic N) is 1. The van der Waals surface area contributed by atoms with E-state index in [4.69, 9.17) is 9.47 Å². The molecule has 0 aliphatic carbocycles. The first-order valence-electron chi connectivity index (χ1n) is 7.92. The summed E-state index contributed by atoms with van der Waals surface area (Å²) in [5.41, 5.74) is 1.30. The van der Waals surface area contributed by atoms with Crippen molar-refractivity contribution < 1.29 is 19.1 Å². The van der Waals surface area contributed by atoms with Crippen LogP contribution in [0.25, 0.3) is 0 Å². The first-order valence-corrected chi connectivity index (χ1v) is 7.92. The Bertz CT molecular complexity index is 638. The Kier molecular flexibility index (Phi) is 4.22. The molecule has 3 rings (SSSR count). The highest BCUT2D eigenvalue weighted by molar-refractivity contribution is 6.30. The number of carbonyl (C=O) groups is 2. The zero-order valence-corrected chi connectivity index (χ0v) is 13.5. The second-order valence-corrected chi connectivity index (χ2v) is 6.24. The number of rotatable bonds is 6. The normalized spacial score (nSPS) is 19.6. The van der Waals surface area contributed by atoms with Crippen molar-refractivity contribution in [3.63, 3.8) is 0 Å². The average Bonchev–Trinajstić information content (AvgIpc) is 2.76. The van der Waals surface area contributed by atoms with Gasteiger partial charge in [-0.3, -0.25) is 9.59 Å². The number of anilines is 1. The summed E-state index contributed by atoms with van der Waals surface area (Å²) in [6, 6.07) is 7.05. The first kappa shape index (κ1) is 15.7. The molecule has 2 heterocycles. The standard InChI is InChI=1S/C18H21NO4/c1-3-18(11-22-12-18)8-9-23-15-6-4-14(5-7-15)19-16(20)10-13(2)17(19)21/h4-7,10H,3,8-9,11-12H2,1-2H3. The summed E-state index contributed by atoms with van der Waals surface area (Å²) in [6.45, 7) is 6.09. The lowest BCUT2D eigenvalue weighted by atomic mass is 9.80. The quantitative estimate of drug-likeness (QED) is 0.757. The maximum absolute atomic E-state index is 11.9. The lowest BCUT2D eigenvalue weighted by Gasteiger charge is -2.40. The molecular formula is C18H21NO4. The minimum absolute atomic E-state index is 0.265. The zero-order chi connectivity index (χ0) is 16.4. The van der Waals surface area contributed by atoms with Crippen molar-refractivity contribution in [2.45, 2.75) is 26.7 Å². The monoisotopic (exact) mass is 315 g/mol. The fourth-order valence-corrected chi connectivity index (χ4v) is 2.83. The number of hydrogen-bond donors (Lipinski definition) is 0. The summed E-state index contributed by atoms with van der Waals surface area (Å²) < 4.78 is 11.1. The number of hydrogen-bond acceptors (Lipinski definition) is 4. The zero-order valence-electron chi connectivity index (χ0n) is 13.5. The topological polar surface area (TPSA) is 55.8 Å². The number of amides is 2. The van der Waals surface area contributed by atoms with Crippen molar-refractivity contribution in [2.24, 2.45) is 5.41 Å². The third-order valence-electron chi connectivity index (χ3n) is 4.66. The molecule has 5 heteroatoms. The molecule has 0 aromatic heterocycles. The molecule has 0 bridgehead atoms. The van der Waals surface area contributed by atoms with E-state index in [0.717, 1.165) is 31.8 Å². The van der Waals surface area contributed by atoms with Crippen LogP contribution in [-0.2, 0) is 14.3 Å². The van der Waals surface area contributed by atoms with Crippen molar-refractivity contribution >= 4 is 17.5 Å². The van der Waals surface area contributed by atoms with E-state index < -0.39 is 0 Å². The number of carbonyl (C=O) groups excluding carboxylic acids is 2. The number of ether oxygens (including phenoxy) is 2. The van der Waals surface area contributed by atoms with E-state index in [1.165, 1.54) is 11.0 Å². The van der Waals surface area contributed by atoms with Gasteiger partial charge in [0, 0.05) is 17.1 Å². The molecule has 1 saturated heterocycles. The van der Waals surface area contributed by atoms with Gasteiger partial charge in [-0.25, -0.2) is 4.90 Å². The van der Waals surface area contributed by atoms with Crippen molar-refractivity contribution in [3.8, 4) is 5.75 Å². The molecule has 2 amide bonds. The first-order chi connectivity index (χ1) is 11.0. The van der Waals surface area contributed by atoms with Gasteiger partial charge in [0.1, 0.15) is 5.75 Å². The summed E-state index contributed by atoms with van der Waals surface area (Å²) in [7, 11) is 0. The molecule has 2 aliphatic rings. The number of imide groups is 1. The molecule has 23 heavy (non-hydrogen) atoms. The van der Waals surface area contributed by atoms with E-state index in [0.29, 0.717) is 17.9 Å². The highest BCUT2D eigenvalue weighted by atomic mass is 16.5. The van der Waals surface area contributed by atoms with Crippen LogP contribution in [0.4, 0.5) is 5.69 Å². The van der Waals surface area contributed by atoms with Gasteiger partial charge in [0.05, 0.1) is 25.5 Å². The summed E-state index contributed by atoms with van der Waals surface area (Å²) in [4.78, 5) is 24.9. The fraction of sp³-hybridized carbons (Fsp3) is 0.444. The second kappa shape index (κ2) is 6.16. The molecule has 122 valence electrons. The Morgan fingerprint density at radius 1 is 1.22 bits per heavy atom. The molecule has 0 radical (unpaired) electrons. The average molecular weight is 315 g/mol. The molecule has 0 unspecified atom stereocenters. The minimum Gasteiger partial charge on any atom is -0.494 e. The highest BCUT2D eigenvalue weighted by Gasteiger charge is 2.36. The van der Waals surface area contributed by atoms with E-state index in [-0.39, 0.29) is 17.2 Å². The fourth-order valence-electron chi connectivity index (χ4n) is 2.83. The van der Waals surface area contributed by atoms with E-state index >= 15 is 0 Å². The van der Waals surface area contributed by atoms with Crippen LogP contribution in [0.3, 0.4) is 0 Å². The van der Waals surface area contributed by atoms with Gasteiger partial charge in [0.2, 0.25) is 0 Å². The molecule has 0 saturated carbocycles. The molecule has 1 fully saturated rings. The molecule has 0 N–H and O–H groups in total. The van der Waals surface area contributed by atoms with Gasteiger partial charge in [-0.15, -0.1) is 0 Å². The van der Waals surface area contributed by atoms with E-state index in [1.807, 2.05) is 0 Å². The highest BCUT2D eigenvalue weighted by Crippen LogP contribution is 2.35. The van der Waals surface area contributed by atoms with Gasteiger partial charge < -0.3 is 9.47 Å². The van der Waals surface area contributed by atoms with Crippen molar-refractivity contribution in [1.82, 2.24) is 0 Å². The number of benzene rings is 1. The van der Waals surface area contributed by atoms with E-state index in [2.05, 4.69) is 6.92 Å². The third kappa shape index (κ3) is 3.01. The van der Waals surface area contributed by atoms with Crippen LogP contribution in [-0.4, -0.2) is 31.6 Å². The molecule has 5 nitrogen and oxygen atoms in total. The smallest absolute Gasteiger partial charge is 0.261 e. The van der Waals surface area contributed by atoms with Crippen LogP contribution < -0.4 is 9.64 Å². The molecular weight excluding hydrogens is 294 g/mol. The van der Waals surface area contributed by atoms with Crippen LogP contribution in [0.1, 0.15) is 26.7 Å². The van der Waals surface area contributed by atoms with E-state index in [1.54, 1.807) is 31.2 Å². The second-order valence-electron chi connectivity index (χ2n) is 6.24. The van der Waals surface area contributed by atoms with Gasteiger partial charge in [0.25, 0.3) is 11.8 Å². The van der Waals surface area contributed by atoms with Gasteiger partial charge in [-0.05, 0) is 44.0 Å². The Balaban J connectivity index is 1.57. The molecule has 2 aliphatic heterocycles. The Labute approximate surface area is 135 Å². The van der Waals surface area contributed by atoms with Crippen LogP contribution in [0.5, 0.6) is 5.75 Å². The largest absolute Gasteiger partial charge is 0.494 e. The van der Waals surface area contributed by atoms with Crippen LogP contribution in [0, 0.1) is 5.41 Å². The summed E-state index contributed by atoms with van der Waals surface area (Å²) >= 11 is 0. The Morgan fingerprint density at radius 2 is 1.91 bits per heavy atom. The predicted octanol–water partition coefficient (Wildman–Crippen LogP) is 2.70. The van der Waals surface area contributed by atoms with E-state index in [9.17, 15) is 9.59 Å². The lowest BCUT2D eigenvalue weighted by Crippen LogP contribution is -2.43. The molecule has 1 aromatic carbocycles. The van der Waals surface area contributed by atoms with Gasteiger partial charge in [0.15, 0.2) is 0 Å². The molecule has 0 spiro atoms. The maximum atomic E-state index is 11.9. The van der Waals surface area contributed by atoms with Crippen molar-refractivity contribution in [2.75, 3.05) is 24.7 Å². The predicted molar refractivity (Wildman–Crippen MR) is 86.3 cm³/mol. The SMILES string of the molecule is CCC1(CCOc2ccc(N3C(=O)C=C(C)C3=O)cc2)COC1. The van der Waals surface area contributed by atoms with Gasteiger partial charge in [-0.1, -0.05) is 6.92 Å². The van der Waals surface area contributed by atoms with Crippen molar-refractivity contribution in [3.05, 3.63) is 35.9 Å². The van der Waals surface area contributed by atoms with Crippen LogP contribution in [0.15, 0.2) is 35.9 Å². The van der Waals surface area contributed by atoms with Gasteiger partial charge in [-0.2, -0.15) is 0 Å². The Hall–Kier alpha value is -2.14. The Morgan fingerprint density at radius 3 is 2.39 bits per heavy atom. The summed E-state index contributed by atoms with van der Waals surface area (Å²) in [6.07, 6.45) is 3.43. The maximum Gasteiger partial charge on any atom is 0.261 e. The lowest BCUT2D eigenvalue weighted by molar-refractivity contribution is -0.123. The summed E-state index contributed by atoms with van der Waals surface area (Å²) in [5.74, 6) is 0.179. The van der Waals surface area contributed by atoms with Crippen molar-refractivity contribution in [1.29, 1.82) is 0 Å². The van der Waals surface area contributed by atoms with Crippen LogP contribution in [0.2, 0.25) is 0 Å². The molecule has 1 aromatic rings. The minimum atomic E-state index is -0.295.